The summed E-state index contributed by atoms with van der Waals surface area (Å²) >= 11 is 0. The standard InChI is InChI=1S/C8H16N2/c1-3-5-6-8(7-9)10-4-2/h4,7H,3,5-6,9H2,1-2H3/b8-7-,10-4?. The number of allylic oxidation sites excluding steroid dienone is 1. The van der Waals surface area contributed by atoms with Gasteiger partial charge in [-0.2, -0.15) is 0 Å². The van der Waals surface area contributed by atoms with Gasteiger partial charge in [0.1, 0.15) is 0 Å². The van der Waals surface area contributed by atoms with E-state index in [4.69, 9.17) is 5.73 Å². The molecule has 0 aliphatic heterocycles. The second-order valence-corrected chi connectivity index (χ2v) is 2.15. The Kier molecular flexibility index (Phi) is 5.83. The van der Waals surface area contributed by atoms with Crippen molar-refractivity contribution >= 4 is 6.21 Å². The summed E-state index contributed by atoms with van der Waals surface area (Å²) in [6.45, 7) is 4.05. The predicted octanol–water partition coefficient (Wildman–Crippen LogP) is 2.07. The van der Waals surface area contributed by atoms with E-state index < -0.39 is 0 Å². The Hall–Kier alpha value is -0.790. The molecule has 0 atom stereocenters. The van der Waals surface area contributed by atoms with Gasteiger partial charge in [-0.05, 0) is 19.8 Å². The van der Waals surface area contributed by atoms with E-state index in [9.17, 15) is 0 Å². The molecule has 0 saturated heterocycles. The fourth-order valence-corrected chi connectivity index (χ4v) is 0.715. The van der Waals surface area contributed by atoms with Gasteiger partial charge in [-0.1, -0.05) is 13.3 Å². The number of unbranched alkanes of at least 4 members (excludes halogenated alkanes) is 1. The smallest absolute Gasteiger partial charge is 0.0553 e. The van der Waals surface area contributed by atoms with Gasteiger partial charge in [0, 0.05) is 12.4 Å². The monoisotopic (exact) mass is 140 g/mol. The second kappa shape index (κ2) is 6.33. The third-order valence-electron chi connectivity index (χ3n) is 1.27. The van der Waals surface area contributed by atoms with Gasteiger partial charge in [-0.15, -0.1) is 0 Å². The highest BCUT2D eigenvalue weighted by molar-refractivity contribution is 5.55. The number of hydrogen-bond acceptors (Lipinski definition) is 2. The maximum absolute atomic E-state index is 5.32. The van der Waals surface area contributed by atoms with Crippen LogP contribution in [-0.2, 0) is 0 Å². The molecule has 2 N–H and O–H groups in total. The second-order valence-electron chi connectivity index (χ2n) is 2.15. The van der Waals surface area contributed by atoms with Gasteiger partial charge < -0.3 is 5.73 Å². The molecule has 0 aromatic rings. The molecule has 0 aromatic carbocycles. The predicted molar refractivity (Wildman–Crippen MR) is 46.0 cm³/mol. The normalized spacial score (nSPS) is 12.8. The van der Waals surface area contributed by atoms with Crippen LogP contribution in [0, 0.1) is 0 Å². The summed E-state index contributed by atoms with van der Waals surface area (Å²) in [7, 11) is 0. The number of rotatable bonds is 4. The molecule has 0 saturated carbocycles. The fraction of sp³-hybridized carbons (Fsp3) is 0.625. The number of hydrogen-bond donors (Lipinski definition) is 1. The van der Waals surface area contributed by atoms with E-state index in [2.05, 4.69) is 11.9 Å². The zero-order valence-corrected chi connectivity index (χ0v) is 6.80. The first kappa shape index (κ1) is 9.21. The van der Waals surface area contributed by atoms with Crippen LogP contribution in [0.15, 0.2) is 16.9 Å². The molecule has 0 aliphatic carbocycles. The molecule has 58 valence electrons. The largest absolute Gasteiger partial charge is 0.403 e. The highest BCUT2D eigenvalue weighted by Crippen LogP contribution is 2.05. The van der Waals surface area contributed by atoms with Crippen LogP contribution < -0.4 is 5.73 Å². The topological polar surface area (TPSA) is 38.4 Å². The van der Waals surface area contributed by atoms with E-state index >= 15 is 0 Å². The highest BCUT2D eigenvalue weighted by Gasteiger charge is 1.89. The van der Waals surface area contributed by atoms with Gasteiger partial charge >= 0.3 is 0 Å². The van der Waals surface area contributed by atoms with Crippen LogP contribution in [-0.4, -0.2) is 6.21 Å². The lowest BCUT2D eigenvalue weighted by molar-refractivity contribution is 0.780. The van der Waals surface area contributed by atoms with E-state index in [1.54, 1.807) is 12.4 Å². The lowest BCUT2D eigenvalue weighted by Gasteiger charge is -1.96. The van der Waals surface area contributed by atoms with Crippen LogP contribution in [0.5, 0.6) is 0 Å². The summed E-state index contributed by atoms with van der Waals surface area (Å²) in [5, 5.41) is 0. The van der Waals surface area contributed by atoms with E-state index in [0.29, 0.717) is 0 Å². The Labute approximate surface area is 62.8 Å². The molecule has 0 aliphatic rings. The molecule has 2 nitrogen and oxygen atoms in total. The van der Waals surface area contributed by atoms with Crippen molar-refractivity contribution in [1.82, 2.24) is 0 Å². The van der Waals surface area contributed by atoms with Crippen molar-refractivity contribution in [2.75, 3.05) is 0 Å². The summed E-state index contributed by atoms with van der Waals surface area (Å²) < 4.78 is 0. The minimum absolute atomic E-state index is 0.990. The van der Waals surface area contributed by atoms with Crippen molar-refractivity contribution < 1.29 is 0 Å². The average Bonchev–Trinajstić information content (AvgIpc) is 1.98. The molecule has 0 spiro atoms. The van der Waals surface area contributed by atoms with Crippen LogP contribution in [0.1, 0.15) is 33.1 Å². The minimum Gasteiger partial charge on any atom is -0.403 e. The van der Waals surface area contributed by atoms with Crippen molar-refractivity contribution in [1.29, 1.82) is 0 Å². The molecule has 0 radical (unpaired) electrons. The molecular weight excluding hydrogens is 124 g/mol. The first-order valence-corrected chi connectivity index (χ1v) is 3.74. The van der Waals surface area contributed by atoms with E-state index in [-0.39, 0.29) is 0 Å². The molecule has 0 heterocycles. The summed E-state index contributed by atoms with van der Waals surface area (Å²) in [6.07, 6.45) is 6.71. The molecule has 0 fully saturated rings. The molecule has 0 bridgehead atoms. The SMILES string of the molecule is CC=N/C(=C\N)CCCC. The molecule has 0 unspecified atom stereocenters. The van der Waals surface area contributed by atoms with E-state index in [1.807, 2.05) is 6.92 Å². The lowest BCUT2D eigenvalue weighted by atomic mass is 10.2. The maximum atomic E-state index is 5.32. The summed E-state index contributed by atoms with van der Waals surface area (Å²) in [5.41, 5.74) is 6.31. The third kappa shape index (κ3) is 4.13. The van der Waals surface area contributed by atoms with Gasteiger partial charge in [0.05, 0.1) is 5.70 Å². The Morgan fingerprint density at radius 3 is 2.70 bits per heavy atom. The van der Waals surface area contributed by atoms with Crippen molar-refractivity contribution in [3.63, 3.8) is 0 Å². The Bertz CT molecular complexity index is 125. The van der Waals surface area contributed by atoms with Gasteiger partial charge in [-0.3, -0.25) is 4.99 Å². The Balaban J connectivity index is 3.62. The first-order valence-electron chi connectivity index (χ1n) is 3.74. The van der Waals surface area contributed by atoms with Crippen molar-refractivity contribution in [2.24, 2.45) is 10.7 Å². The molecule has 10 heavy (non-hydrogen) atoms. The average molecular weight is 140 g/mol. The third-order valence-corrected chi connectivity index (χ3v) is 1.27. The van der Waals surface area contributed by atoms with E-state index in [0.717, 1.165) is 12.1 Å². The van der Waals surface area contributed by atoms with E-state index in [1.165, 1.54) is 12.8 Å². The Morgan fingerprint density at radius 2 is 2.30 bits per heavy atom. The maximum Gasteiger partial charge on any atom is 0.0553 e. The number of aliphatic imine (C=N–C) groups is 1. The molecule has 0 rings (SSSR count). The van der Waals surface area contributed by atoms with Crippen LogP contribution in [0.4, 0.5) is 0 Å². The summed E-state index contributed by atoms with van der Waals surface area (Å²) in [6, 6.07) is 0. The molecular formula is C8H16N2. The Morgan fingerprint density at radius 1 is 1.60 bits per heavy atom. The van der Waals surface area contributed by atoms with Crippen molar-refractivity contribution in [3.8, 4) is 0 Å². The lowest BCUT2D eigenvalue weighted by Crippen LogP contribution is -1.86. The zero-order chi connectivity index (χ0) is 7.82. The highest BCUT2D eigenvalue weighted by atomic mass is 14.7. The quantitative estimate of drug-likeness (QED) is 0.596. The fourth-order valence-electron chi connectivity index (χ4n) is 0.715. The van der Waals surface area contributed by atoms with Crippen molar-refractivity contribution in [2.45, 2.75) is 33.1 Å². The number of nitrogens with zero attached hydrogens (tertiary/aromatic N) is 1. The first-order chi connectivity index (χ1) is 4.85. The molecule has 0 aromatic heterocycles. The van der Waals surface area contributed by atoms with Crippen LogP contribution in [0.2, 0.25) is 0 Å². The molecule has 0 amide bonds. The zero-order valence-electron chi connectivity index (χ0n) is 6.80. The number of nitrogens with two attached hydrogens (primary N) is 1. The van der Waals surface area contributed by atoms with Gasteiger partial charge in [0.2, 0.25) is 0 Å². The van der Waals surface area contributed by atoms with Gasteiger partial charge in [0.25, 0.3) is 0 Å². The minimum atomic E-state index is 0.990. The molecule has 2 heteroatoms. The van der Waals surface area contributed by atoms with Crippen LogP contribution in [0.3, 0.4) is 0 Å². The summed E-state index contributed by atoms with van der Waals surface area (Å²) in [4.78, 5) is 4.09. The van der Waals surface area contributed by atoms with Gasteiger partial charge in [-0.25, -0.2) is 0 Å². The summed E-state index contributed by atoms with van der Waals surface area (Å²) in [5.74, 6) is 0. The van der Waals surface area contributed by atoms with Crippen molar-refractivity contribution in [3.05, 3.63) is 11.9 Å². The van der Waals surface area contributed by atoms with Crippen LogP contribution in [0.25, 0.3) is 0 Å². The van der Waals surface area contributed by atoms with Crippen LogP contribution >= 0.6 is 0 Å². The van der Waals surface area contributed by atoms with Gasteiger partial charge in [0.15, 0.2) is 0 Å².